The molecule has 0 saturated heterocycles. The summed E-state index contributed by atoms with van der Waals surface area (Å²) >= 11 is 0.708. The average Bonchev–Trinajstić information content (AvgIpc) is 3.07. The highest BCUT2D eigenvalue weighted by molar-refractivity contribution is 7.16. The molecule has 7 heteroatoms. The van der Waals surface area contributed by atoms with Gasteiger partial charge in [-0.05, 0) is 24.7 Å². The number of hydrogen-bond donors (Lipinski definition) is 2. The monoisotopic (exact) mass is 428 g/mol. The summed E-state index contributed by atoms with van der Waals surface area (Å²) in [6, 6.07) is 0. The van der Waals surface area contributed by atoms with Gasteiger partial charge in [-0.25, -0.2) is 9.59 Å². The zero-order chi connectivity index (χ0) is 21.8. The molecule has 1 rings (SSSR count). The molecule has 2 atom stereocenters. The van der Waals surface area contributed by atoms with Gasteiger partial charge in [0.25, 0.3) is 0 Å². The molecule has 0 amide bonds. The fourth-order valence-electron chi connectivity index (χ4n) is 3.14. The van der Waals surface area contributed by atoms with Crippen molar-refractivity contribution in [2.75, 3.05) is 13.2 Å². The summed E-state index contributed by atoms with van der Waals surface area (Å²) in [5, 5.41) is 19.1. The Morgan fingerprint density at radius 1 is 0.793 bits per heavy atom. The molecule has 0 aliphatic carbocycles. The number of hydrogen-bond acceptors (Lipinski definition) is 5. The summed E-state index contributed by atoms with van der Waals surface area (Å²) in [6.45, 7) is 9.13. The quantitative estimate of drug-likeness (QED) is 0.319. The van der Waals surface area contributed by atoms with E-state index in [1.54, 1.807) is 0 Å². The van der Waals surface area contributed by atoms with Crippen LogP contribution in [0.3, 0.4) is 0 Å². The van der Waals surface area contributed by atoms with Gasteiger partial charge in [-0.1, -0.05) is 66.2 Å². The van der Waals surface area contributed by atoms with E-state index in [-0.39, 0.29) is 21.3 Å². The fraction of sp³-hybridized carbons (Fsp3) is 0.727. The van der Waals surface area contributed by atoms with E-state index in [9.17, 15) is 19.8 Å². The lowest BCUT2D eigenvalue weighted by Gasteiger charge is -2.19. The Kier molecular flexibility index (Phi) is 11.7. The van der Waals surface area contributed by atoms with Crippen molar-refractivity contribution in [1.82, 2.24) is 0 Å². The maximum Gasteiger partial charge on any atom is 0.349 e. The normalized spacial score (nSPS) is 13.1. The lowest BCUT2D eigenvalue weighted by atomic mass is 10.0. The molecule has 0 aliphatic rings. The van der Waals surface area contributed by atoms with E-state index in [2.05, 4.69) is 27.7 Å². The highest BCUT2D eigenvalue weighted by Gasteiger charge is 2.30. The number of carboxylic acids is 2. The van der Waals surface area contributed by atoms with Gasteiger partial charge in [0, 0.05) is 0 Å². The van der Waals surface area contributed by atoms with Crippen LogP contribution in [0.25, 0.3) is 0 Å². The minimum absolute atomic E-state index is 0.0696. The zero-order valence-electron chi connectivity index (χ0n) is 18.2. The van der Waals surface area contributed by atoms with Crippen molar-refractivity contribution in [3.8, 4) is 11.5 Å². The van der Waals surface area contributed by atoms with Gasteiger partial charge in [-0.3, -0.25) is 0 Å². The van der Waals surface area contributed by atoms with Crippen LogP contribution in [-0.2, 0) is 0 Å². The molecule has 1 aromatic heterocycles. The van der Waals surface area contributed by atoms with Crippen LogP contribution in [0.15, 0.2) is 0 Å². The van der Waals surface area contributed by atoms with Gasteiger partial charge >= 0.3 is 11.9 Å². The van der Waals surface area contributed by atoms with E-state index in [0.717, 1.165) is 51.4 Å². The van der Waals surface area contributed by atoms with Gasteiger partial charge in [0.2, 0.25) is 0 Å². The van der Waals surface area contributed by atoms with E-state index in [1.165, 1.54) is 0 Å². The second-order valence-electron chi connectivity index (χ2n) is 7.48. The summed E-state index contributed by atoms with van der Waals surface area (Å²) in [7, 11) is 0. The smallest absolute Gasteiger partial charge is 0.349 e. The molecule has 1 heterocycles. The largest absolute Gasteiger partial charge is 0.488 e. The van der Waals surface area contributed by atoms with Crippen LogP contribution in [0.5, 0.6) is 11.5 Å². The summed E-state index contributed by atoms with van der Waals surface area (Å²) in [6.07, 6.45) is 8.17. The Hall–Kier alpha value is -1.76. The standard InChI is InChI=1S/C22H36O6S/c1-5-9-11-15(7-3)13-27-17-18(28-14-16(8-4)12-10-6-2)20(22(25)26)29-19(17)21(23)24/h15-16H,5-14H2,1-4H3,(H,23,24)(H,25,26)/t15-,16-/m0/s1. The molecule has 0 unspecified atom stereocenters. The van der Waals surface area contributed by atoms with Crippen molar-refractivity contribution in [3.05, 3.63) is 9.75 Å². The van der Waals surface area contributed by atoms with Gasteiger partial charge < -0.3 is 19.7 Å². The lowest BCUT2D eigenvalue weighted by Crippen LogP contribution is -2.15. The van der Waals surface area contributed by atoms with E-state index in [1.807, 2.05) is 0 Å². The first-order chi connectivity index (χ1) is 13.9. The number of ether oxygens (including phenoxy) is 2. The number of unbranched alkanes of at least 4 members (excludes halogenated alkanes) is 2. The van der Waals surface area contributed by atoms with Crippen LogP contribution in [0.2, 0.25) is 0 Å². The molecule has 0 radical (unpaired) electrons. The highest BCUT2D eigenvalue weighted by Crippen LogP contribution is 2.43. The minimum atomic E-state index is -1.19. The number of rotatable bonds is 16. The summed E-state index contributed by atoms with van der Waals surface area (Å²) < 4.78 is 11.8. The van der Waals surface area contributed by atoms with Crippen molar-refractivity contribution in [2.45, 2.75) is 79.1 Å². The Bertz CT molecular complexity index is 587. The SMILES string of the molecule is CCCC[C@H](CC)COc1c(C(=O)O)sc(C(=O)O)c1OC[C@@H](CC)CCCC. The van der Waals surface area contributed by atoms with Crippen LogP contribution >= 0.6 is 11.3 Å². The van der Waals surface area contributed by atoms with E-state index >= 15 is 0 Å². The summed E-state index contributed by atoms with van der Waals surface area (Å²) in [5.41, 5.74) is 0. The Morgan fingerprint density at radius 3 is 1.45 bits per heavy atom. The van der Waals surface area contributed by atoms with Crippen LogP contribution in [0, 0.1) is 11.8 Å². The molecule has 2 N–H and O–H groups in total. The Balaban J connectivity index is 3.09. The topological polar surface area (TPSA) is 93.1 Å². The molecular weight excluding hydrogens is 392 g/mol. The van der Waals surface area contributed by atoms with Gasteiger partial charge in [-0.2, -0.15) is 0 Å². The summed E-state index contributed by atoms with van der Waals surface area (Å²) in [4.78, 5) is 23.2. The number of carboxylic acid groups (broad SMARTS) is 2. The molecule has 0 saturated carbocycles. The molecule has 29 heavy (non-hydrogen) atoms. The molecule has 0 aliphatic heterocycles. The van der Waals surface area contributed by atoms with E-state index < -0.39 is 11.9 Å². The van der Waals surface area contributed by atoms with E-state index in [0.29, 0.717) is 36.4 Å². The maximum absolute atomic E-state index is 11.7. The zero-order valence-corrected chi connectivity index (χ0v) is 19.0. The third kappa shape index (κ3) is 7.88. The number of thiophene rings is 1. The molecule has 6 nitrogen and oxygen atoms in total. The summed E-state index contributed by atoms with van der Waals surface area (Å²) in [5.74, 6) is -1.65. The van der Waals surface area contributed by atoms with Gasteiger partial charge in [0.1, 0.15) is 0 Å². The predicted molar refractivity (Wildman–Crippen MR) is 116 cm³/mol. The van der Waals surface area contributed by atoms with Crippen molar-refractivity contribution in [1.29, 1.82) is 0 Å². The molecule has 0 bridgehead atoms. The minimum Gasteiger partial charge on any atom is -0.488 e. The van der Waals surface area contributed by atoms with Crippen LogP contribution in [-0.4, -0.2) is 35.4 Å². The average molecular weight is 429 g/mol. The first kappa shape index (κ1) is 25.3. The Morgan fingerprint density at radius 2 is 1.17 bits per heavy atom. The first-order valence-corrected chi connectivity index (χ1v) is 11.6. The molecule has 166 valence electrons. The van der Waals surface area contributed by atoms with Crippen molar-refractivity contribution >= 4 is 23.3 Å². The molecule has 1 aromatic rings. The lowest BCUT2D eigenvalue weighted by molar-refractivity contribution is 0.0682. The molecule has 0 spiro atoms. The van der Waals surface area contributed by atoms with Gasteiger partial charge in [-0.15, -0.1) is 11.3 Å². The van der Waals surface area contributed by atoms with Gasteiger partial charge in [0.05, 0.1) is 13.2 Å². The van der Waals surface area contributed by atoms with Crippen molar-refractivity contribution in [2.24, 2.45) is 11.8 Å². The highest BCUT2D eigenvalue weighted by atomic mass is 32.1. The van der Waals surface area contributed by atoms with Crippen LogP contribution in [0.1, 0.15) is 98.4 Å². The molecule has 0 fully saturated rings. The van der Waals surface area contributed by atoms with Crippen LogP contribution in [0.4, 0.5) is 0 Å². The van der Waals surface area contributed by atoms with E-state index in [4.69, 9.17) is 9.47 Å². The predicted octanol–water partition coefficient (Wildman–Crippen LogP) is 6.33. The first-order valence-electron chi connectivity index (χ1n) is 10.8. The fourth-order valence-corrected chi connectivity index (χ4v) is 4.01. The number of aromatic carboxylic acids is 2. The Labute approximate surface area is 178 Å². The third-order valence-electron chi connectivity index (χ3n) is 5.22. The second kappa shape index (κ2) is 13.5. The second-order valence-corrected chi connectivity index (χ2v) is 8.50. The molecule has 0 aromatic carbocycles. The molecular formula is C22H36O6S. The third-order valence-corrected chi connectivity index (χ3v) is 6.35. The number of carbonyl (C=O) groups is 2. The van der Waals surface area contributed by atoms with Gasteiger partial charge in [0.15, 0.2) is 21.3 Å². The van der Waals surface area contributed by atoms with Crippen LogP contribution < -0.4 is 9.47 Å². The maximum atomic E-state index is 11.7. The van der Waals surface area contributed by atoms with Crippen molar-refractivity contribution in [3.63, 3.8) is 0 Å². The van der Waals surface area contributed by atoms with Crippen molar-refractivity contribution < 1.29 is 29.3 Å².